The van der Waals surface area contributed by atoms with Gasteiger partial charge in [0.1, 0.15) is 11.5 Å². The fraction of sp³-hybridized carbons (Fsp3) is 0.0526. The Morgan fingerprint density at radius 3 is 2.12 bits per heavy atom. The van der Waals surface area contributed by atoms with E-state index in [1.165, 1.54) is 0 Å². The molecule has 0 saturated carbocycles. The smallest absolute Gasteiger partial charge is 0.251 e. The topological polar surface area (TPSA) is 51.2 Å². The molecule has 4 nitrogen and oxygen atoms in total. The van der Waals surface area contributed by atoms with Gasteiger partial charge in [-0.3, -0.25) is 9.78 Å². The van der Waals surface area contributed by atoms with Crippen LogP contribution in [-0.4, -0.2) is 10.9 Å². The van der Waals surface area contributed by atoms with Crippen LogP contribution in [0.4, 0.5) is 0 Å². The van der Waals surface area contributed by atoms with Crippen LogP contribution in [0.2, 0.25) is 5.02 Å². The molecule has 0 radical (unpaired) electrons. The first kappa shape index (κ1) is 16.0. The number of hydrogen-bond donors (Lipinski definition) is 1. The number of aromatic nitrogens is 1. The summed E-state index contributed by atoms with van der Waals surface area (Å²) in [5.74, 6) is 1.21. The minimum absolute atomic E-state index is 0.134. The number of carbonyl (C=O) groups is 1. The lowest BCUT2D eigenvalue weighted by atomic mass is 10.2. The molecule has 0 aliphatic rings. The second-order valence-corrected chi connectivity index (χ2v) is 5.55. The third-order valence-corrected chi connectivity index (χ3v) is 3.62. The molecule has 0 bridgehead atoms. The number of rotatable bonds is 5. The highest BCUT2D eigenvalue weighted by atomic mass is 35.5. The second kappa shape index (κ2) is 7.62. The molecule has 24 heavy (non-hydrogen) atoms. The van der Waals surface area contributed by atoms with Crippen molar-refractivity contribution in [2.24, 2.45) is 0 Å². The van der Waals surface area contributed by atoms with Gasteiger partial charge in [0.25, 0.3) is 5.91 Å². The van der Waals surface area contributed by atoms with Crippen LogP contribution in [0.5, 0.6) is 11.5 Å². The molecule has 0 saturated heterocycles. The molecule has 1 amide bonds. The maximum Gasteiger partial charge on any atom is 0.251 e. The van der Waals surface area contributed by atoms with Gasteiger partial charge in [0.05, 0.1) is 0 Å². The van der Waals surface area contributed by atoms with E-state index in [-0.39, 0.29) is 5.91 Å². The van der Waals surface area contributed by atoms with E-state index < -0.39 is 0 Å². The number of pyridine rings is 1. The molecule has 0 aliphatic heterocycles. The number of amides is 1. The van der Waals surface area contributed by atoms with Crippen molar-refractivity contribution in [3.8, 4) is 11.5 Å². The zero-order valence-electron chi connectivity index (χ0n) is 12.8. The summed E-state index contributed by atoms with van der Waals surface area (Å²) in [5, 5.41) is 3.52. The van der Waals surface area contributed by atoms with Crippen molar-refractivity contribution in [1.82, 2.24) is 10.3 Å². The monoisotopic (exact) mass is 338 g/mol. The molecule has 0 aliphatic carbocycles. The first-order valence-electron chi connectivity index (χ1n) is 7.41. The van der Waals surface area contributed by atoms with Crippen molar-refractivity contribution < 1.29 is 9.53 Å². The highest BCUT2D eigenvalue weighted by Gasteiger charge is 2.06. The first-order valence-corrected chi connectivity index (χ1v) is 7.79. The number of nitrogens with zero attached hydrogens (tertiary/aromatic N) is 1. The van der Waals surface area contributed by atoms with E-state index in [4.69, 9.17) is 16.3 Å². The van der Waals surface area contributed by atoms with Gasteiger partial charge in [0, 0.05) is 29.5 Å². The summed E-state index contributed by atoms with van der Waals surface area (Å²) in [6, 6.07) is 17.8. The van der Waals surface area contributed by atoms with Gasteiger partial charge >= 0.3 is 0 Å². The normalized spacial score (nSPS) is 10.2. The van der Waals surface area contributed by atoms with Crippen molar-refractivity contribution in [3.05, 3.63) is 89.2 Å². The number of benzene rings is 2. The van der Waals surface area contributed by atoms with Crippen molar-refractivity contribution >= 4 is 17.5 Å². The minimum atomic E-state index is -0.134. The number of hydrogen-bond acceptors (Lipinski definition) is 3. The summed E-state index contributed by atoms with van der Waals surface area (Å²) < 4.78 is 5.70. The van der Waals surface area contributed by atoms with Crippen LogP contribution < -0.4 is 10.1 Å². The third-order valence-electron chi connectivity index (χ3n) is 3.37. The third kappa shape index (κ3) is 4.33. The van der Waals surface area contributed by atoms with Gasteiger partial charge in [-0.25, -0.2) is 0 Å². The average Bonchev–Trinajstić information content (AvgIpc) is 2.63. The quantitative estimate of drug-likeness (QED) is 0.747. The van der Waals surface area contributed by atoms with Crippen molar-refractivity contribution in [2.75, 3.05) is 0 Å². The van der Waals surface area contributed by atoms with E-state index in [1.807, 2.05) is 12.1 Å². The Balaban J connectivity index is 1.59. The van der Waals surface area contributed by atoms with Gasteiger partial charge in [0.2, 0.25) is 0 Å². The van der Waals surface area contributed by atoms with Crippen molar-refractivity contribution in [1.29, 1.82) is 0 Å². The predicted octanol–water partition coefficient (Wildman–Crippen LogP) is 4.46. The highest BCUT2D eigenvalue weighted by Crippen LogP contribution is 2.23. The molecular weight excluding hydrogens is 324 g/mol. The van der Waals surface area contributed by atoms with Crippen LogP contribution in [-0.2, 0) is 6.54 Å². The fourth-order valence-electron chi connectivity index (χ4n) is 2.10. The van der Waals surface area contributed by atoms with Gasteiger partial charge in [-0.2, -0.15) is 0 Å². The van der Waals surface area contributed by atoms with E-state index in [0.29, 0.717) is 28.6 Å². The number of carbonyl (C=O) groups excluding carboxylic acids is 1. The van der Waals surface area contributed by atoms with E-state index in [2.05, 4.69) is 10.3 Å². The van der Waals surface area contributed by atoms with E-state index in [9.17, 15) is 4.79 Å². The molecule has 0 fully saturated rings. The summed E-state index contributed by atoms with van der Waals surface area (Å²) >= 11 is 5.84. The van der Waals surface area contributed by atoms with E-state index >= 15 is 0 Å². The number of halogens is 1. The highest BCUT2D eigenvalue weighted by molar-refractivity contribution is 6.30. The Hall–Kier alpha value is -2.85. The van der Waals surface area contributed by atoms with Crippen molar-refractivity contribution in [2.45, 2.75) is 6.54 Å². The van der Waals surface area contributed by atoms with Crippen molar-refractivity contribution in [3.63, 3.8) is 0 Å². The number of nitrogens with one attached hydrogen (secondary N) is 1. The fourth-order valence-corrected chi connectivity index (χ4v) is 2.22. The summed E-state index contributed by atoms with van der Waals surface area (Å²) in [7, 11) is 0. The molecule has 1 heterocycles. The standard InChI is InChI=1S/C19H15ClN2O2/c20-16-3-7-18(8-4-16)24-17-5-1-15(2-6-17)19(23)22-13-14-9-11-21-12-10-14/h1-12H,13H2,(H,22,23). The maximum absolute atomic E-state index is 12.1. The Morgan fingerprint density at radius 1 is 0.917 bits per heavy atom. The molecule has 3 aromatic rings. The molecule has 0 unspecified atom stereocenters. The SMILES string of the molecule is O=C(NCc1ccncc1)c1ccc(Oc2ccc(Cl)cc2)cc1. The zero-order valence-corrected chi connectivity index (χ0v) is 13.5. The number of ether oxygens (including phenoxy) is 1. The Bertz CT molecular complexity index is 803. The van der Waals surface area contributed by atoms with Crippen LogP contribution in [0.15, 0.2) is 73.1 Å². The molecule has 1 N–H and O–H groups in total. The van der Waals surface area contributed by atoms with Crippen LogP contribution in [0.1, 0.15) is 15.9 Å². The van der Waals surface area contributed by atoms with E-state index in [0.717, 1.165) is 5.56 Å². The van der Waals surface area contributed by atoms with E-state index in [1.54, 1.807) is 60.9 Å². The summed E-state index contributed by atoms with van der Waals surface area (Å²) in [6.07, 6.45) is 3.40. The maximum atomic E-state index is 12.1. The molecule has 2 aromatic carbocycles. The lowest BCUT2D eigenvalue weighted by molar-refractivity contribution is 0.0951. The zero-order chi connectivity index (χ0) is 16.8. The van der Waals surface area contributed by atoms with Gasteiger partial charge in [0.15, 0.2) is 0 Å². The molecular formula is C19H15ClN2O2. The molecule has 5 heteroatoms. The predicted molar refractivity (Wildman–Crippen MR) is 93.4 cm³/mol. The molecule has 120 valence electrons. The van der Waals surface area contributed by atoms with Crippen LogP contribution in [0.3, 0.4) is 0 Å². The largest absolute Gasteiger partial charge is 0.457 e. The molecule has 1 aromatic heterocycles. The van der Waals surface area contributed by atoms with Crippen LogP contribution >= 0.6 is 11.6 Å². The van der Waals surface area contributed by atoms with Crippen LogP contribution in [0, 0.1) is 0 Å². The average molecular weight is 339 g/mol. The summed E-state index contributed by atoms with van der Waals surface area (Å²) in [6.45, 7) is 0.463. The lowest BCUT2D eigenvalue weighted by Gasteiger charge is -2.08. The summed E-state index contributed by atoms with van der Waals surface area (Å²) in [4.78, 5) is 16.1. The summed E-state index contributed by atoms with van der Waals surface area (Å²) in [5.41, 5.74) is 1.58. The van der Waals surface area contributed by atoms with Gasteiger partial charge < -0.3 is 10.1 Å². The van der Waals surface area contributed by atoms with Gasteiger partial charge in [-0.1, -0.05) is 11.6 Å². The molecule has 0 spiro atoms. The Labute approximate surface area is 145 Å². The first-order chi connectivity index (χ1) is 11.7. The Morgan fingerprint density at radius 2 is 1.50 bits per heavy atom. The van der Waals surface area contributed by atoms with Crippen LogP contribution in [0.25, 0.3) is 0 Å². The minimum Gasteiger partial charge on any atom is -0.457 e. The van der Waals surface area contributed by atoms with Gasteiger partial charge in [-0.05, 0) is 66.2 Å². The van der Waals surface area contributed by atoms with Gasteiger partial charge in [-0.15, -0.1) is 0 Å². The second-order valence-electron chi connectivity index (χ2n) is 5.12. The lowest BCUT2D eigenvalue weighted by Crippen LogP contribution is -2.22. The Kier molecular flexibility index (Phi) is 5.08. The molecule has 3 rings (SSSR count). The molecule has 0 atom stereocenters.